The number of methoxy groups -OCH3 is 1. The van der Waals surface area contributed by atoms with Crippen molar-refractivity contribution >= 4 is 23.4 Å². The molecule has 0 fully saturated rings. The van der Waals surface area contributed by atoms with Gasteiger partial charge in [-0.3, -0.25) is 0 Å². The largest absolute Gasteiger partial charge is 0.465 e. The Balaban J connectivity index is 3.17. The van der Waals surface area contributed by atoms with Gasteiger partial charge in [0.15, 0.2) is 5.84 Å². The number of amidine groups is 1. The minimum Gasteiger partial charge on any atom is -0.465 e. The Hall–Kier alpha value is -1.75. The van der Waals surface area contributed by atoms with Gasteiger partial charge in [-0.1, -0.05) is 16.8 Å². The zero-order chi connectivity index (χ0) is 12.1. The van der Waals surface area contributed by atoms with Crippen LogP contribution in [0.2, 0.25) is 5.02 Å². The van der Waals surface area contributed by atoms with Crippen LogP contribution in [-0.4, -0.2) is 26.0 Å². The van der Waals surface area contributed by atoms with Crippen LogP contribution in [0.5, 0.6) is 0 Å². The number of ether oxygens (including phenoxy) is 1. The third-order valence-corrected chi connectivity index (χ3v) is 2.02. The quantitative estimate of drug-likeness (QED) is 0.376. The number of rotatable bonds is 3. The molecule has 2 N–H and O–H groups in total. The minimum absolute atomic E-state index is 0.134. The predicted octanol–water partition coefficient (Wildman–Crippen LogP) is 1.39. The predicted molar refractivity (Wildman–Crippen MR) is 60.5 cm³/mol. The van der Waals surface area contributed by atoms with Gasteiger partial charge in [0.05, 0.1) is 12.7 Å². The third-order valence-electron chi connectivity index (χ3n) is 1.80. The van der Waals surface area contributed by atoms with Crippen LogP contribution in [0.3, 0.4) is 0 Å². The molecular weight excluding hydrogens is 232 g/mol. The molecule has 0 spiro atoms. The van der Waals surface area contributed by atoms with Crippen molar-refractivity contribution in [2.45, 2.75) is 0 Å². The number of oxime groups is 1. The zero-order valence-corrected chi connectivity index (χ0v) is 9.62. The Morgan fingerprint density at radius 1 is 1.31 bits per heavy atom. The number of hydrogen-bond acceptors (Lipinski definition) is 4. The standard InChI is InChI=1S/C10H11ClN2O3/c1-15-10(14)7-3-6(4-8(11)5-7)9(12)13-16-2/h3-5H,1-2H3,(H2,12,13). The molecule has 0 bridgehead atoms. The molecule has 0 saturated carbocycles. The summed E-state index contributed by atoms with van der Waals surface area (Å²) in [6.07, 6.45) is 0. The summed E-state index contributed by atoms with van der Waals surface area (Å²) in [6.45, 7) is 0. The average Bonchev–Trinajstić information content (AvgIpc) is 2.27. The van der Waals surface area contributed by atoms with E-state index in [2.05, 4.69) is 14.7 Å². The van der Waals surface area contributed by atoms with Crippen molar-refractivity contribution < 1.29 is 14.4 Å². The summed E-state index contributed by atoms with van der Waals surface area (Å²) in [6, 6.07) is 4.58. The van der Waals surface area contributed by atoms with Crippen molar-refractivity contribution in [3.63, 3.8) is 0 Å². The summed E-state index contributed by atoms with van der Waals surface area (Å²) < 4.78 is 4.58. The van der Waals surface area contributed by atoms with Crippen LogP contribution < -0.4 is 5.73 Å². The normalized spacial score (nSPS) is 11.1. The second-order valence-corrected chi connectivity index (χ2v) is 3.32. The van der Waals surface area contributed by atoms with Gasteiger partial charge in [0.25, 0.3) is 0 Å². The molecule has 1 aromatic rings. The number of carbonyl (C=O) groups excluding carboxylic acids is 1. The number of nitrogens with two attached hydrogens (primary N) is 1. The van der Waals surface area contributed by atoms with Gasteiger partial charge in [-0.15, -0.1) is 0 Å². The first-order chi connectivity index (χ1) is 7.58. The molecule has 1 aromatic carbocycles. The van der Waals surface area contributed by atoms with E-state index in [9.17, 15) is 4.79 Å². The SMILES string of the molecule is CON=C(N)c1cc(Cl)cc(C(=O)OC)c1. The van der Waals surface area contributed by atoms with Gasteiger partial charge in [-0.25, -0.2) is 4.79 Å². The average molecular weight is 243 g/mol. The fourth-order valence-corrected chi connectivity index (χ4v) is 1.36. The number of nitrogens with zero attached hydrogens (tertiary/aromatic N) is 1. The number of halogens is 1. The van der Waals surface area contributed by atoms with Crippen LogP contribution >= 0.6 is 11.6 Å². The Labute approximate surface area is 97.8 Å². The highest BCUT2D eigenvalue weighted by atomic mass is 35.5. The van der Waals surface area contributed by atoms with Gasteiger partial charge in [-0.05, 0) is 18.2 Å². The van der Waals surface area contributed by atoms with Gasteiger partial charge in [-0.2, -0.15) is 0 Å². The Morgan fingerprint density at radius 3 is 2.50 bits per heavy atom. The van der Waals surface area contributed by atoms with Crippen molar-refractivity contribution in [2.24, 2.45) is 10.9 Å². The molecule has 16 heavy (non-hydrogen) atoms. The maximum Gasteiger partial charge on any atom is 0.337 e. The topological polar surface area (TPSA) is 73.9 Å². The van der Waals surface area contributed by atoms with Gasteiger partial charge in [0.1, 0.15) is 7.11 Å². The summed E-state index contributed by atoms with van der Waals surface area (Å²) in [5.41, 5.74) is 6.40. The lowest BCUT2D eigenvalue weighted by molar-refractivity contribution is 0.0600. The van der Waals surface area contributed by atoms with E-state index in [1.54, 1.807) is 6.07 Å². The molecule has 5 nitrogen and oxygen atoms in total. The lowest BCUT2D eigenvalue weighted by Crippen LogP contribution is -2.14. The van der Waals surface area contributed by atoms with Gasteiger partial charge in [0.2, 0.25) is 0 Å². The van der Waals surface area contributed by atoms with E-state index >= 15 is 0 Å². The van der Waals surface area contributed by atoms with Crippen LogP contribution in [0.25, 0.3) is 0 Å². The second-order valence-electron chi connectivity index (χ2n) is 2.88. The molecule has 0 aromatic heterocycles. The van der Waals surface area contributed by atoms with E-state index in [0.29, 0.717) is 16.1 Å². The molecular formula is C10H11ClN2O3. The Kier molecular flexibility index (Phi) is 4.13. The Morgan fingerprint density at radius 2 is 1.94 bits per heavy atom. The molecule has 0 unspecified atom stereocenters. The number of benzene rings is 1. The highest BCUT2D eigenvalue weighted by Crippen LogP contribution is 2.16. The molecule has 0 amide bonds. The van der Waals surface area contributed by atoms with E-state index in [1.807, 2.05) is 0 Å². The fraction of sp³-hybridized carbons (Fsp3) is 0.200. The zero-order valence-electron chi connectivity index (χ0n) is 8.86. The van der Waals surface area contributed by atoms with Crippen LogP contribution in [0.1, 0.15) is 15.9 Å². The van der Waals surface area contributed by atoms with Gasteiger partial charge < -0.3 is 15.3 Å². The first-order valence-electron chi connectivity index (χ1n) is 4.34. The van der Waals surface area contributed by atoms with E-state index in [1.165, 1.54) is 26.4 Å². The van der Waals surface area contributed by atoms with Gasteiger partial charge >= 0.3 is 5.97 Å². The van der Waals surface area contributed by atoms with E-state index in [0.717, 1.165) is 0 Å². The summed E-state index contributed by atoms with van der Waals surface area (Å²) in [7, 11) is 2.66. The molecule has 0 atom stereocenters. The van der Waals surface area contributed by atoms with Crippen LogP contribution in [0.4, 0.5) is 0 Å². The van der Waals surface area contributed by atoms with Crippen molar-refractivity contribution in [1.29, 1.82) is 0 Å². The third kappa shape index (κ3) is 2.87. The molecule has 0 radical (unpaired) electrons. The van der Waals surface area contributed by atoms with Crippen LogP contribution in [0.15, 0.2) is 23.4 Å². The fourth-order valence-electron chi connectivity index (χ4n) is 1.12. The summed E-state index contributed by atoms with van der Waals surface area (Å²) in [4.78, 5) is 15.8. The summed E-state index contributed by atoms with van der Waals surface area (Å²) >= 11 is 5.84. The van der Waals surface area contributed by atoms with Gasteiger partial charge in [0, 0.05) is 10.6 Å². The van der Waals surface area contributed by atoms with Crippen molar-refractivity contribution in [2.75, 3.05) is 14.2 Å². The minimum atomic E-state index is -0.492. The lowest BCUT2D eigenvalue weighted by Gasteiger charge is -2.04. The highest BCUT2D eigenvalue weighted by molar-refractivity contribution is 6.31. The van der Waals surface area contributed by atoms with Crippen LogP contribution in [-0.2, 0) is 9.57 Å². The Bertz CT molecular complexity index is 432. The maximum absolute atomic E-state index is 11.3. The molecule has 0 heterocycles. The monoisotopic (exact) mass is 242 g/mol. The summed E-state index contributed by atoms with van der Waals surface area (Å²) in [5, 5.41) is 3.91. The van der Waals surface area contributed by atoms with E-state index in [4.69, 9.17) is 17.3 Å². The van der Waals surface area contributed by atoms with E-state index in [-0.39, 0.29) is 5.84 Å². The smallest absolute Gasteiger partial charge is 0.337 e. The van der Waals surface area contributed by atoms with Crippen molar-refractivity contribution in [3.8, 4) is 0 Å². The summed E-state index contributed by atoms with van der Waals surface area (Å²) in [5.74, 6) is -0.357. The molecule has 0 saturated heterocycles. The first-order valence-corrected chi connectivity index (χ1v) is 4.72. The first kappa shape index (κ1) is 12.3. The number of esters is 1. The highest BCUT2D eigenvalue weighted by Gasteiger charge is 2.10. The molecule has 1 rings (SSSR count). The second kappa shape index (κ2) is 5.37. The molecule has 0 aliphatic rings. The van der Waals surface area contributed by atoms with Crippen molar-refractivity contribution in [3.05, 3.63) is 34.3 Å². The lowest BCUT2D eigenvalue weighted by atomic mass is 10.1. The molecule has 0 aliphatic heterocycles. The molecule has 6 heteroatoms. The molecule has 86 valence electrons. The molecule has 0 aliphatic carbocycles. The number of hydrogen-bond donors (Lipinski definition) is 1. The van der Waals surface area contributed by atoms with Crippen molar-refractivity contribution in [1.82, 2.24) is 0 Å². The number of carbonyl (C=O) groups is 1. The van der Waals surface area contributed by atoms with Crippen LogP contribution in [0, 0.1) is 0 Å². The maximum atomic E-state index is 11.3. The van der Waals surface area contributed by atoms with E-state index < -0.39 is 5.97 Å².